The molecule has 0 saturated carbocycles. The first-order valence-electron chi connectivity index (χ1n) is 5.78. The van der Waals surface area contributed by atoms with Gasteiger partial charge in [-0.2, -0.15) is 0 Å². The lowest BCUT2D eigenvalue weighted by Crippen LogP contribution is -2.28. The van der Waals surface area contributed by atoms with E-state index >= 15 is 0 Å². The molecule has 0 bridgehead atoms. The van der Waals surface area contributed by atoms with Gasteiger partial charge < -0.3 is 10.4 Å². The fourth-order valence-corrected chi connectivity index (χ4v) is 3.11. The summed E-state index contributed by atoms with van der Waals surface area (Å²) in [5, 5.41) is 11.7. The van der Waals surface area contributed by atoms with Gasteiger partial charge in [0.25, 0.3) is 5.91 Å². The molecule has 0 fully saturated rings. The maximum Gasteiger partial charge on any atom is 0.338 e. The van der Waals surface area contributed by atoms with Crippen LogP contribution < -0.4 is 5.32 Å². The van der Waals surface area contributed by atoms with Gasteiger partial charge in [0.15, 0.2) is 0 Å². The van der Waals surface area contributed by atoms with E-state index < -0.39 is 11.9 Å². The smallest absolute Gasteiger partial charge is 0.338 e. The second kappa shape index (κ2) is 6.62. The van der Waals surface area contributed by atoms with E-state index in [1.54, 1.807) is 11.3 Å². The SMILES string of the molecule is O=C(O)c1cccnc1C(=O)NCCc1ccc(Br)s1. The number of carboxylic acids is 1. The number of halogens is 1. The van der Waals surface area contributed by atoms with Crippen molar-refractivity contribution < 1.29 is 14.7 Å². The highest BCUT2D eigenvalue weighted by molar-refractivity contribution is 9.11. The molecule has 2 rings (SSSR count). The van der Waals surface area contributed by atoms with Gasteiger partial charge in [0, 0.05) is 17.6 Å². The van der Waals surface area contributed by atoms with Crippen LogP contribution in [0.4, 0.5) is 0 Å². The Kier molecular flexibility index (Phi) is 4.86. The fourth-order valence-electron chi connectivity index (χ4n) is 1.63. The first kappa shape index (κ1) is 14.7. The first-order valence-corrected chi connectivity index (χ1v) is 7.39. The molecule has 0 aliphatic heterocycles. The maximum atomic E-state index is 11.9. The number of nitrogens with zero attached hydrogens (tertiary/aromatic N) is 1. The van der Waals surface area contributed by atoms with E-state index in [1.807, 2.05) is 12.1 Å². The Morgan fingerprint density at radius 3 is 2.80 bits per heavy atom. The molecule has 0 saturated heterocycles. The molecule has 2 aromatic heterocycles. The number of carbonyl (C=O) groups is 2. The number of aromatic nitrogens is 1. The van der Waals surface area contributed by atoms with Gasteiger partial charge in [-0.1, -0.05) is 0 Å². The summed E-state index contributed by atoms with van der Waals surface area (Å²) in [6.07, 6.45) is 2.09. The Labute approximate surface area is 127 Å². The second-order valence-electron chi connectivity index (χ2n) is 3.92. The Balaban J connectivity index is 1.97. The Morgan fingerprint density at radius 2 is 2.15 bits per heavy atom. The molecular formula is C13H11BrN2O3S. The Hall–Kier alpha value is -1.73. The standard InChI is InChI=1S/C13H11BrN2O3S/c14-10-4-3-8(20-10)5-7-16-12(17)11-9(13(18)19)2-1-6-15-11/h1-4,6H,5,7H2,(H,16,17)(H,18,19). The van der Waals surface area contributed by atoms with Crippen molar-refractivity contribution in [2.24, 2.45) is 0 Å². The number of thiophene rings is 1. The molecule has 7 heteroatoms. The van der Waals surface area contributed by atoms with Crippen LogP contribution in [0.5, 0.6) is 0 Å². The molecule has 0 radical (unpaired) electrons. The lowest BCUT2D eigenvalue weighted by atomic mass is 10.2. The summed E-state index contributed by atoms with van der Waals surface area (Å²) in [5.74, 6) is -1.64. The van der Waals surface area contributed by atoms with Gasteiger partial charge in [-0.3, -0.25) is 9.78 Å². The zero-order chi connectivity index (χ0) is 14.5. The van der Waals surface area contributed by atoms with Crippen LogP contribution in [-0.2, 0) is 6.42 Å². The minimum atomic E-state index is -1.16. The van der Waals surface area contributed by atoms with Crippen molar-refractivity contribution >= 4 is 39.1 Å². The molecule has 2 aromatic rings. The highest BCUT2D eigenvalue weighted by Gasteiger charge is 2.16. The lowest BCUT2D eigenvalue weighted by molar-refractivity contribution is 0.0690. The van der Waals surface area contributed by atoms with Gasteiger partial charge in [-0.15, -0.1) is 11.3 Å². The minimum Gasteiger partial charge on any atom is -0.478 e. The number of nitrogens with one attached hydrogen (secondary N) is 1. The van der Waals surface area contributed by atoms with E-state index in [-0.39, 0.29) is 11.3 Å². The average molecular weight is 355 g/mol. The van der Waals surface area contributed by atoms with Crippen molar-refractivity contribution in [3.8, 4) is 0 Å². The zero-order valence-electron chi connectivity index (χ0n) is 10.3. The third kappa shape index (κ3) is 3.64. The molecule has 0 aliphatic carbocycles. The summed E-state index contributed by atoms with van der Waals surface area (Å²) in [6, 6.07) is 6.78. The van der Waals surface area contributed by atoms with Crippen LogP contribution in [0.25, 0.3) is 0 Å². The predicted molar refractivity (Wildman–Crippen MR) is 79.3 cm³/mol. The fraction of sp³-hybridized carbons (Fsp3) is 0.154. The molecule has 5 nitrogen and oxygen atoms in total. The molecule has 2 heterocycles. The third-order valence-corrected chi connectivity index (χ3v) is 4.22. The van der Waals surface area contributed by atoms with Crippen molar-refractivity contribution in [3.05, 3.63) is 50.4 Å². The number of carboxylic acid groups (broad SMARTS) is 1. The molecule has 20 heavy (non-hydrogen) atoms. The summed E-state index contributed by atoms with van der Waals surface area (Å²) >= 11 is 4.97. The van der Waals surface area contributed by atoms with Crippen LogP contribution in [0.15, 0.2) is 34.2 Å². The molecule has 1 amide bonds. The molecule has 0 aliphatic rings. The molecule has 104 valence electrons. The van der Waals surface area contributed by atoms with Gasteiger partial charge in [0.1, 0.15) is 5.69 Å². The second-order valence-corrected chi connectivity index (χ2v) is 6.46. The van der Waals surface area contributed by atoms with Crippen LogP contribution >= 0.6 is 27.3 Å². The highest BCUT2D eigenvalue weighted by Crippen LogP contribution is 2.22. The number of amides is 1. The largest absolute Gasteiger partial charge is 0.478 e. The van der Waals surface area contributed by atoms with E-state index in [2.05, 4.69) is 26.2 Å². The molecule has 0 aromatic carbocycles. The number of aromatic carboxylic acids is 1. The number of hydrogen-bond acceptors (Lipinski definition) is 4. The topological polar surface area (TPSA) is 79.3 Å². The van der Waals surface area contributed by atoms with Gasteiger partial charge in [-0.05, 0) is 46.6 Å². The number of pyridine rings is 1. The van der Waals surface area contributed by atoms with Gasteiger partial charge in [0.2, 0.25) is 0 Å². The molecule has 0 unspecified atom stereocenters. The predicted octanol–water partition coefficient (Wildman–Crippen LogP) is 2.58. The summed E-state index contributed by atoms with van der Waals surface area (Å²) in [6.45, 7) is 0.432. The van der Waals surface area contributed by atoms with Crippen LogP contribution in [-0.4, -0.2) is 28.5 Å². The number of rotatable bonds is 5. The molecular weight excluding hydrogens is 344 g/mol. The lowest BCUT2D eigenvalue weighted by Gasteiger charge is -2.06. The monoisotopic (exact) mass is 354 g/mol. The highest BCUT2D eigenvalue weighted by atomic mass is 79.9. The Morgan fingerprint density at radius 1 is 1.35 bits per heavy atom. The van der Waals surface area contributed by atoms with Gasteiger partial charge >= 0.3 is 5.97 Å². The normalized spacial score (nSPS) is 10.2. The number of carbonyl (C=O) groups excluding carboxylic acids is 1. The maximum absolute atomic E-state index is 11.9. The van der Waals surface area contributed by atoms with Crippen molar-refractivity contribution in [1.82, 2.24) is 10.3 Å². The van der Waals surface area contributed by atoms with Gasteiger partial charge in [0.05, 0.1) is 9.35 Å². The Bertz CT molecular complexity index is 642. The third-order valence-electron chi connectivity index (χ3n) is 2.54. The molecule has 0 spiro atoms. The van der Waals surface area contributed by atoms with Crippen molar-refractivity contribution in [2.45, 2.75) is 6.42 Å². The van der Waals surface area contributed by atoms with Crippen molar-refractivity contribution in [1.29, 1.82) is 0 Å². The summed E-state index contributed by atoms with van der Waals surface area (Å²) in [5.41, 5.74) is -0.156. The van der Waals surface area contributed by atoms with Gasteiger partial charge in [-0.25, -0.2) is 4.79 Å². The van der Waals surface area contributed by atoms with E-state index in [1.165, 1.54) is 18.3 Å². The van der Waals surface area contributed by atoms with E-state index in [0.717, 1.165) is 8.66 Å². The van der Waals surface area contributed by atoms with Crippen molar-refractivity contribution in [3.63, 3.8) is 0 Å². The first-order chi connectivity index (χ1) is 9.58. The minimum absolute atomic E-state index is 0.0626. The van der Waals surface area contributed by atoms with Crippen LogP contribution in [0.1, 0.15) is 25.7 Å². The van der Waals surface area contributed by atoms with Crippen LogP contribution in [0.2, 0.25) is 0 Å². The summed E-state index contributed by atoms with van der Waals surface area (Å²) in [7, 11) is 0. The van der Waals surface area contributed by atoms with E-state index in [4.69, 9.17) is 5.11 Å². The zero-order valence-corrected chi connectivity index (χ0v) is 12.7. The van der Waals surface area contributed by atoms with E-state index in [9.17, 15) is 9.59 Å². The molecule has 0 atom stereocenters. The number of hydrogen-bond donors (Lipinski definition) is 2. The average Bonchev–Trinajstić information content (AvgIpc) is 2.84. The summed E-state index contributed by atoms with van der Waals surface area (Å²) < 4.78 is 1.04. The van der Waals surface area contributed by atoms with Crippen LogP contribution in [0.3, 0.4) is 0 Å². The van der Waals surface area contributed by atoms with E-state index in [0.29, 0.717) is 13.0 Å². The quantitative estimate of drug-likeness (QED) is 0.864. The van der Waals surface area contributed by atoms with Crippen LogP contribution in [0, 0.1) is 0 Å². The molecule has 2 N–H and O–H groups in total. The van der Waals surface area contributed by atoms with Crippen molar-refractivity contribution in [2.75, 3.05) is 6.54 Å². The summed E-state index contributed by atoms with van der Waals surface area (Å²) in [4.78, 5) is 27.9.